The number of hydrogen-bond acceptors (Lipinski definition) is 0. The molecule has 0 nitrogen and oxygen atoms in total. The van der Waals surface area contributed by atoms with Crippen LogP contribution in [-0.2, 0) is 0 Å². The third-order valence-electron chi connectivity index (χ3n) is 4.10. The molecule has 0 amide bonds. The van der Waals surface area contributed by atoms with Gasteiger partial charge >= 0.3 is 0 Å². The fourth-order valence-corrected chi connectivity index (χ4v) is 6.57. The second-order valence-electron chi connectivity index (χ2n) is 5.62. The number of fused-ring (bicyclic) bond motifs is 1. The maximum atomic E-state index is 2.47. The lowest BCUT2D eigenvalue weighted by molar-refractivity contribution is 1.72. The summed E-state index contributed by atoms with van der Waals surface area (Å²) in [5.74, 6) is 0. The largest absolute Gasteiger partial charge is 0.0622 e. The molecule has 0 bridgehead atoms. The summed E-state index contributed by atoms with van der Waals surface area (Å²) in [6.07, 6.45) is 0. The van der Waals surface area contributed by atoms with Gasteiger partial charge in [-0.25, -0.2) is 0 Å². The lowest BCUT2D eigenvalue weighted by atomic mass is 10.1. The van der Waals surface area contributed by atoms with Gasteiger partial charge in [0.25, 0.3) is 0 Å². The Morgan fingerprint density at radius 1 is 0.542 bits per heavy atom. The van der Waals surface area contributed by atoms with E-state index in [0.717, 1.165) is 0 Å². The Morgan fingerprint density at radius 2 is 1.08 bits per heavy atom. The molecule has 24 heavy (non-hydrogen) atoms. The van der Waals surface area contributed by atoms with E-state index in [1.54, 1.807) is 0 Å². The number of hydrogen-bond donors (Lipinski definition) is 0. The Morgan fingerprint density at radius 3 is 1.67 bits per heavy atom. The van der Waals surface area contributed by atoms with E-state index in [0.29, 0.717) is 0 Å². The molecule has 0 saturated carbocycles. The number of benzene rings is 4. The van der Waals surface area contributed by atoms with Crippen molar-refractivity contribution in [3.8, 4) is 0 Å². The van der Waals surface area contributed by atoms with Crippen LogP contribution >= 0.6 is 30.5 Å². The quantitative estimate of drug-likeness (QED) is 0.305. The highest BCUT2D eigenvalue weighted by Gasteiger charge is 2.19. The monoisotopic (exact) mass is 438 g/mol. The standard InChI is InChI=1S/C22H16IP/c23-20-15-7-9-17-10-8-16-21(22(17)20)24(18-11-3-1-4-12-18)19-13-5-2-6-14-19/h1-16H. The van der Waals surface area contributed by atoms with Crippen LogP contribution in [0.25, 0.3) is 10.8 Å². The average Bonchev–Trinajstić information content (AvgIpc) is 2.64. The number of halogens is 1. The van der Waals surface area contributed by atoms with Crippen molar-refractivity contribution in [2.24, 2.45) is 0 Å². The van der Waals surface area contributed by atoms with Gasteiger partial charge in [-0.1, -0.05) is 91.0 Å². The smallest absolute Gasteiger partial charge is 0.0215 e. The maximum absolute atomic E-state index is 2.47. The zero-order chi connectivity index (χ0) is 16.4. The van der Waals surface area contributed by atoms with Gasteiger partial charge in [-0.2, -0.15) is 0 Å². The summed E-state index contributed by atoms with van der Waals surface area (Å²) < 4.78 is 1.32. The van der Waals surface area contributed by atoms with Crippen molar-refractivity contribution in [2.75, 3.05) is 0 Å². The molecule has 2 heteroatoms. The highest BCUT2D eigenvalue weighted by molar-refractivity contribution is 14.1. The van der Waals surface area contributed by atoms with Gasteiger partial charge in [0.15, 0.2) is 0 Å². The van der Waals surface area contributed by atoms with Crippen molar-refractivity contribution in [3.05, 3.63) is 101 Å². The Balaban J connectivity index is 2.02. The summed E-state index contributed by atoms with van der Waals surface area (Å²) in [6, 6.07) is 35.0. The van der Waals surface area contributed by atoms with Crippen LogP contribution in [0.4, 0.5) is 0 Å². The molecule has 0 aliphatic heterocycles. The minimum absolute atomic E-state index is 0.567. The Kier molecular flexibility index (Phi) is 4.64. The third kappa shape index (κ3) is 2.99. The molecular weight excluding hydrogens is 422 g/mol. The summed E-state index contributed by atoms with van der Waals surface area (Å²) in [5, 5.41) is 6.93. The van der Waals surface area contributed by atoms with Gasteiger partial charge in [-0.05, 0) is 57.9 Å². The minimum atomic E-state index is -0.567. The van der Waals surface area contributed by atoms with Crippen LogP contribution in [0.3, 0.4) is 0 Å². The highest BCUT2D eigenvalue weighted by Crippen LogP contribution is 2.36. The summed E-state index contributed by atoms with van der Waals surface area (Å²) in [4.78, 5) is 0. The van der Waals surface area contributed by atoms with Crippen LogP contribution in [0.1, 0.15) is 0 Å². The molecule has 0 fully saturated rings. The first kappa shape index (κ1) is 15.8. The van der Waals surface area contributed by atoms with Gasteiger partial charge in [0, 0.05) is 8.96 Å². The molecule has 0 heterocycles. The number of rotatable bonds is 3. The van der Waals surface area contributed by atoms with E-state index in [1.165, 1.54) is 30.3 Å². The maximum Gasteiger partial charge on any atom is 0.0215 e. The molecule has 0 radical (unpaired) electrons. The Hall–Kier alpha value is -1.70. The van der Waals surface area contributed by atoms with Crippen LogP contribution < -0.4 is 15.9 Å². The van der Waals surface area contributed by atoms with Crippen LogP contribution in [0.2, 0.25) is 0 Å². The first-order chi connectivity index (χ1) is 11.8. The van der Waals surface area contributed by atoms with E-state index in [1.807, 2.05) is 0 Å². The summed E-state index contributed by atoms with van der Waals surface area (Å²) in [7, 11) is -0.567. The van der Waals surface area contributed by atoms with E-state index >= 15 is 0 Å². The van der Waals surface area contributed by atoms with Crippen molar-refractivity contribution in [1.29, 1.82) is 0 Å². The molecule has 0 aliphatic carbocycles. The molecule has 0 saturated heterocycles. The predicted molar refractivity (Wildman–Crippen MR) is 115 cm³/mol. The summed E-state index contributed by atoms with van der Waals surface area (Å²) in [5.41, 5.74) is 0. The van der Waals surface area contributed by atoms with E-state index in [-0.39, 0.29) is 0 Å². The lowest BCUT2D eigenvalue weighted by Gasteiger charge is -2.21. The Labute approximate surface area is 157 Å². The van der Waals surface area contributed by atoms with E-state index < -0.39 is 7.92 Å². The van der Waals surface area contributed by atoms with Crippen LogP contribution in [0, 0.1) is 3.57 Å². The van der Waals surface area contributed by atoms with Crippen LogP contribution in [0.5, 0.6) is 0 Å². The molecule has 0 spiro atoms. The van der Waals surface area contributed by atoms with E-state index in [9.17, 15) is 0 Å². The van der Waals surface area contributed by atoms with Gasteiger partial charge in [-0.3, -0.25) is 0 Å². The average molecular weight is 438 g/mol. The zero-order valence-electron chi connectivity index (χ0n) is 13.1. The van der Waals surface area contributed by atoms with Gasteiger partial charge < -0.3 is 0 Å². The normalized spacial score (nSPS) is 11.1. The molecule has 0 aromatic heterocycles. The Bertz CT molecular complexity index is 920. The van der Waals surface area contributed by atoms with Crippen molar-refractivity contribution in [1.82, 2.24) is 0 Å². The van der Waals surface area contributed by atoms with Gasteiger partial charge in [0.1, 0.15) is 0 Å². The second kappa shape index (κ2) is 7.04. The first-order valence-corrected chi connectivity index (χ1v) is 10.3. The van der Waals surface area contributed by atoms with Gasteiger partial charge in [-0.15, -0.1) is 0 Å². The van der Waals surface area contributed by atoms with Crippen molar-refractivity contribution >= 4 is 57.2 Å². The minimum Gasteiger partial charge on any atom is -0.0622 e. The molecule has 4 rings (SSSR count). The molecule has 0 unspecified atom stereocenters. The summed E-state index contributed by atoms with van der Waals surface area (Å²) >= 11 is 2.47. The molecule has 0 atom stereocenters. The predicted octanol–water partition coefficient (Wildman–Crippen LogP) is 5.20. The molecule has 0 aliphatic rings. The zero-order valence-corrected chi connectivity index (χ0v) is 16.1. The summed E-state index contributed by atoms with van der Waals surface area (Å²) in [6.45, 7) is 0. The first-order valence-electron chi connectivity index (χ1n) is 7.92. The SMILES string of the molecule is Ic1cccc2cccc(P(c3ccccc3)c3ccccc3)c12. The fraction of sp³-hybridized carbons (Fsp3) is 0. The van der Waals surface area contributed by atoms with Gasteiger partial charge in [0.05, 0.1) is 0 Å². The fourth-order valence-electron chi connectivity index (χ4n) is 3.04. The molecule has 4 aromatic carbocycles. The van der Waals surface area contributed by atoms with Crippen molar-refractivity contribution in [3.63, 3.8) is 0 Å². The highest BCUT2D eigenvalue weighted by atomic mass is 127. The topological polar surface area (TPSA) is 0 Å². The van der Waals surface area contributed by atoms with Crippen molar-refractivity contribution < 1.29 is 0 Å². The third-order valence-corrected chi connectivity index (χ3v) is 7.48. The molecule has 116 valence electrons. The van der Waals surface area contributed by atoms with Gasteiger partial charge in [0.2, 0.25) is 0 Å². The molecule has 4 aromatic rings. The van der Waals surface area contributed by atoms with Crippen molar-refractivity contribution in [2.45, 2.75) is 0 Å². The van der Waals surface area contributed by atoms with Crippen LogP contribution in [0.15, 0.2) is 97.1 Å². The lowest BCUT2D eigenvalue weighted by Crippen LogP contribution is -2.21. The second-order valence-corrected chi connectivity index (χ2v) is 8.97. The van der Waals surface area contributed by atoms with E-state index in [2.05, 4.69) is 120 Å². The molecular formula is C22H16IP. The molecule has 0 N–H and O–H groups in total. The van der Waals surface area contributed by atoms with E-state index in [4.69, 9.17) is 0 Å². The van der Waals surface area contributed by atoms with Crippen LogP contribution in [-0.4, -0.2) is 0 Å².